The first-order valence-electron chi connectivity index (χ1n) is 4.68. The lowest BCUT2D eigenvalue weighted by atomic mass is 10.5. The maximum Gasteiger partial charge on any atom is 0.254 e. The van der Waals surface area contributed by atoms with Gasteiger partial charge in [-0.05, 0) is 13.0 Å². The Morgan fingerprint density at radius 1 is 1.38 bits per heavy atom. The summed E-state index contributed by atoms with van der Waals surface area (Å²) in [6, 6.07) is 0. The van der Waals surface area contributed by atoms with E-state index in [0.717, 1.165) is 0 Å². The highest BCUT2D eigenvalue weighted by molar-refractivity contribution is 5.74. The molecule has 0 aromatic rings. The molecule has 0 heterocycles. The average Bonchev–Trinajstić information content (AvgIpc) is 2.14. The van der Waals surface area contributed by atoms with Crippen LogP contribution in [-0.4, -0.2) is 18.0 Å². The summed E-state index contributed by atoms with van der Waals surface area (Å²) in [5.74, 6) is -0.0295. The van der Waals surface area contributed by atoms with Crippen LogP contribution in [0.15, 0.2) is 12.3 Å². The fraction of sp³-hybridized carbons (Fsp3) is 0.700. The second kappa shape index (κ2) is 11.0. The van der Waals surface area contributed by atoms with Gasteiger partial charge in [-0.25, -0.2) is 0 Å². The third-order valence-corrected chi connectivity index (χ3v) is 1.01. The molecule has 0 N–H and O–H groups in total. The van der Waals surface area contributed by atoms with Crippen LogP contribution < -0.4 is 0 Å². The van der Waals surface area contributed by atoms with Gasteiger partial charge in [0.05, 0.1) is 0 Å². The third-order valence-electron chi connectivity index (χ3n) is 1.01. The number of hydrogen-bond acceptors (Lipinski definition) is 2. The van der Waals surface area contributed by atoms with E-state index >= 15 is 0 Å². The predicted octanol–water partition coefficient (Wildman–Crippen LogP) is 2.74. The Labute approximate surface area is 81.3 Å². The van der Waals surface area contributed by atoms with Crippen molar-refractivity contribution >= 4 is 5.91 Å². The normalized spacial score (nSPS) is 9.00. The van der Waals surface area contributed by atoms with Crippen molar-refractivity contribution in [1.82, 2.24) is 5.06 Å². The zero-order chi connectivity index (χ0) is 10.7. The van der Waals surface area contributed by atoms with Crippen LogP contribution in [0.2, 0.25) is 0 Å². The zero-order valence-corrected chi connectivity index (χ0v) is 9.33. The zero-order valence-electron chi connectivity index (χ0n) is 9.33. The van der Waals surface area contributed by atoms with Gasteiger partial charge in [0.15, 0.2) is 0 Å². The van der Waals surface area contributed by atoms with E-state index in [1.165, 1.54) is 17.7 Å². The van der Waals surface area contributed by atoms with Crippen LogP contribution in [0.1, 0.15) is 40.5 Å². The van der Waals surface area contributed by atoms with E-state index in [2.05, 4.69) is 13.8 Å². The molecule has 3 heteroatoms. The summed E-state index contributed by atoms with van der Waals surface area (Å²) in [6.45, 7) is 7.86. The van der Waals surface area contributed by atoms with Crippen molar-refractivity contribution in [3.8, 4) is 0 Å². The van der Waals surface area contributed by atoms with Crippen LogP contribution in [0.5, 0.6) is 0 Å². The second-order valence-electron chi connectivity index (χ2n) is 2.53. The summed E-state index contributed by atoms with van der Waals surface area (Å²) in [5, 5.41) is 1.21. The standard InChI is InChI=1S/C7H13NO2.C3H8/c1-4-6-10-8(3)7(9)5-2;1-3-2/h4,6H,5H2,1-3H3;3H2,1-2H3/b6-4-;. The number of carbonyl (C=O) groups is 1. The number of allylic oxidation sites excluding steroid dienone is 1. The first-order valence-corrected chi connectivity index (χ1v) is 4.68. The molecule has 0 aliphatic rings. The van der Waals surface area contributed by atoms with Gasteiger partial charge in [-0.3, -0.25) is 4.79 Å². The third kappa shape index (κ3) is 11.0. The average molecular weight is 187 g/mol. The summed E-state index contributed by atoms with van der Waals surface area (Å²) in [7, 11) is 1.59. The molecule has 0 radical (unpaired) electrons. The van der Waals surface area contributed by atoms with Crippen molar-refractivity contribution in [3.05, 3.63) is 12.3 Å². The highest BCUT2D eigenvalue weighted by atomic mass is 16.7. The van der Waals surface area contributed by atoms with Gasteiger partial charge in [0.2, 0.25) is 0 Å². The van der Waals surface area contributed by atoms with E-state index in [4.69, 9.17) is 4.84 Å². The molecule has 78 valence electrons. The first-order chi connectivity index (χ1) is 6.13. The number of nitrogens with zero attached hydrogens (tertiary/aromatic N) is 1. The van der Waals surface area contributed by atoms with E-state index in [1.54, 1.807) is 20.0 Å². The number of hydrogen-bond donors (Lipinski definition) is 0. The van der Waals surface area contributed by atoms with Gasteiger partial charge < -0.3 is 4.84 Å². The van der Waals surface area contributed by atoms with Gasteiger partial charge in [-0.1, -0.05) is 27.2 Å². The largest absolute Gasteiger partial charge is 0.385 e. The summed E-state index contributed by atoms with van der Waals surface area (Å²) < 4.78 is 0. The summed E-state index contributed by atoms with van der Waals surface area (Å²) in [4.78, 5) is 15.6. The van der Waals surface area contributed by atoms with Gasteiger partial charge in [-0.2, -0.15) is 5.06 Å². The molecule has 0 fully saturated rings. The molecule has 13 heavy (non-hydrogen) atoms. The quantitative estimate of drug-likeness (QED) is 0.502. The van der Waals surface area contributed by atoms with Gasteiger partial charge in [0.1, 0.15) is 6.26 Å². The first kappa shape index (κ1) is 14.5. The minimum absolute atomic E-state index is 0.0295. The van der Waals surface area contributed by atoms with E-state index in [0.29, 0.717) is 6.42 Å². The molecular formula is C10H21NO2. The summed E-state index contributed by atoms with van der Waals surface area (Å²) in [5.41, 5.74) is 0. The number of amides is 1. The second-order valence-corrected chi connectivity index (χ2v) is 2.53. The maximum absolute atomic E-state index is 10.8. The topological polar surface area (TPSA) is 29.5 Å². The van der Waals surface area contributed by atoms with Crippen LogP contribution in [0.4, 0.5) is 0 Å². The Balaban J connectivity index is 0. The van der Waals surface area contributed by atoms with E-state index in [9.17, 15) is 4.79 Å². The molecule has 3 nitrogen and oxygen atoms in total. The molecule has 0 atom stereocenters. The minimum atomic E-state index is -0.0295. The number of hydroxylamine groups is 2. The van der Waals surface area contributed by atoms with Gasteiger partial charge in [0, 0.05) is 13.5 Å². The molecule has 0 aromatic heterocycles. The molecule has 0 aromatic carbocycles. The molecule has 0 saturated carbocycles. The summed E-state index contributed by atoms with van der Waals surface area (Å²) in [6.07, 6.45) is 4.90. The van der Waals surface area contributed by atoms with Crippen LogP contribution >= 0.6 is 0 Å². The Bertz CT molecular complexity index is 144. The molecule has 0 aliphatic heterocycles. The Morgan fingerprint density at radius 2 is 1.85 bits per heavy atom. The van der Waals surface area contributed by atoms with Crippen molar-refractivity contribution in [3.63, 3.8) is 0 Å². The Hall–Kier alpha value is -0.990. The SMILES string of the molecule is C/C=C\ON(C)C(=O)CC.CCC. The van der Waals surface area contributed by atoms with Gasteiger partial charge in [-0.15, -0.1) is 0 Å². The van der Waals surface area contributed by atoms with E-state index in [-0.39, 0.29) is 5.91 Å². The predicted molar refractivity (Wildman–Crippen MR) is 54.9 cm³/mol. The minimum Gasteiger partial charge on any atom is -0.385 e. The van der Waals surface area contributed by atoms with Crippen LogP contribution in [0.25, 0.3) is 0 Å². The van der Waals surface area contributed by atoms with Crippen LogP contribution in [0.3, 0.4) is 0 Å². The highest BCUT2D eigenvalue weighted by Crippen LogP contribution is 1.91. The maximum atomic E-state index is 10.8. The lowest BCUT2D eigenvalue weighted by molar-refractivity contribution is -0.160. The molecule has 0 saturated heterocycles. The van der Waals surface area contributed by atoms with Gasteiger partial charge in [0.25, 0.3) is 5.91 Å². The summed E-state index contributed by atoms with van der Waals surface area (Å²) >= 11 is 0. The fourth-order valence-electron chi connectivity index (χ4n) is 0.434. The molecule has 0 unspecified atom stereocenters. The van der Waals surface area contributed by atoms with E-state index in [1.807, 2.05) is 6.92 Å². The van der Waals surface area contributed by atoms with Crippen molar-refractivity contribution in [1.29, 1.82) is 0 Å². The smallest absolute Gasteiger partial charge is 0.254 e. The molecule has 1 amide bonds. The lowest BCUT2D eigenvalue weighted by Crippen LogP contribution is -2.23. The number of rotatable bonds is 3. The number of carbonyl (C=O) groups excluding carboxylic acids is 1. The van der Waals surface area contributed by atoms with Crippen LogP contribution in [-0.2, 0) is 9.63 Å². The van der Waals surface area contributed by atoms with Crippen molar-refractivity contribution < 1.29 is 9.63 Å². The Morgan fingerprint density at radius 3 is 2.15 bits per heavy atom. The molecular weight excluding hydrogens is 166 g/mol. The van der Waals surface area contributed by atoms with Crippen molar-refractivity contribution in [2.75, 3.05) is 7.05 Å². The fourth-order valence-corrected chi connectivity index (χ4v) is 0.434. The monoisotopic (exact) mass is 187 g/mol. The van der Waals surface area contributed by atoms with Crippen LogP contribution in [0, 0.1) is 0 Å². The highest BCUT2D eigenvalue weighted by Gasteiger charge is 2.02. The van der Waals surface area contributed by atoms with Crippen molar-refractivity contribution in [2.24, 2.45) is 0 Å². The molecule has 0 bridgehead atoms. The molecule has 0 aliphatic carbocycles. The van der Waals surface area contributed by atoms with Crippen molar-refractivity contribution in [2.45, 2.75) is 40.5 Å². The molecule has 0 spiro atoms. The Kier molecular flexibility index (Phi) is 12.3. The molecule has 0 rings (SSSR count). The lowest BCUT2D eigenvalue weighted by Gasteiger charge is -2.12. The van der Waals surface area contributed by atoms with Gasteiger partial charge >= 0.3 is 0 Å². The van der Waals surface area contributed by atoms with E-state index < -0.39 is 0 Å².